The molecule has 4 heterocycles. The SMILES string of the molecule is Cc1cc(F)cc2ccnc(N(C(=O)c3ccc(B4OC(C)(C)C(C)(C)O4)cn3)[C@@H]3CCCNC3)c12. The summed E-state index contributed by atoms with van der Waals surface area (Å²) < 4.78 is 26.4. The third-order valence-electron chi connectivity index (χ3n) is 7.62. The summed E-state index contributed by atoms with van der Waals surface area (Å²) in [6, 6.07) is 8.17. The van der Waals surface area contributed by atoms with Crippen molar-refractivity contribution in [2.75, 3.05) is 18.0 Å². The normalized spacial score (nSPS) is 21.1. The van der Waals surface area contributed by atoms with Crippen molar-refractivity contribution in [2.45, 2.75) is 64.7 Å². The van der Waals surface area contributed by atoms with Crippen LogP contribution in [-0.4, -0.2) is 53.3 Å². The zero-order valence-electron chi connectivity index (χ0n) is 21.5. The Labute approximate surface area is 211 Å². The summed E-state index contributed by atoms with van der Waals surface area (Å²) in [4.78, 5) is 24.8. The molecule has 2 aliphatic heterocycles. The minimum atomic E-state index is -0.553. The molecule has 2 aromatic heterocycles. The summed E-state index contributed by atoms with van der Waals surface area (Å²) in [5.41, 5.74) is 0.867. The first-order chi connectivity index (χ1) is 17.1. The second-order valence-corrected chi connectivity index (χ2v) is 10.7. The maximum Gasteiger partial charge on any atom is 0.496 e. The third kappa shape index (κ3) is 4.40. The number of halogens is 1. The van der Waals surface area contributed by atoms with Crippen LogP contribution in [0.5, 0.6) is 0 Å². The van der Waals surface area contributed by atoms with Crippen molar-refractivity contribution < 1.29 is 18.5 Å². The predicted octanol–water partition coefficient (Wildman–Crippen LogP) is 3.78. The van der Waals surface area contributed by atoms with Gasteiger partial charge in [-0.2, -0.15) is 0 Å². The van der Waals surface area contributed by atoms with E-state index in [-0.39, 0.29) is 17.8 Å². The van der Waals surface area contributed by atoms with Gasteiger partial charge in [-0.25, -0.2) is 9.37 Å². The van der Waals surface area contributed by atoms with Crippen molar-refractivity contribution in [1.82, 2.24) is 15.3 Å². The number of fused-ring (bicyclic) bond motifs is 1. The lowest BCUT2D eigenvalue weighted by Gasteiger charge is -2.34. The number of hydrogen-bond acceptors (Lipinski definition) is 6. The smallest absolute Gasteiger partial charge is 0.399 e. The summed E-state index contributed by atoms with van der Waals surface area (Å²) in [6.07, 6.45) is 5.05. The number of benzene rings is 1. The highest BCUT2D eigenvalue weighted by molar-refractivity contribution is 6.62. The molecule has 188 valence electrons. The van der Waals surface area contributed by atoms with E-state index in [2.05, 4.69) is 15.3 Å². The predicted molar refractivity (Wildman–Crippen MR) is 139 cm³/mol. The van der Waals surface area contributed by atoms with Gasteiger partial charge in [0, 0.05) is 29.8 Å². The van der Waals surface area contributed by atoms with E-state index in [1.807, 2.05) is 40.7 Å². The maximum absolute atomic E-state index is 14.1. The fourth-order valence-electron chi connectivity index (χ4n) is 4.90. The van der Waals surface area contributed by atoms with Gasteiger partial charge in [-0.05, 0) is 89.2 Å². The largest absolute Gasteiger partial charge is 0.496 e. The van der Waals surface area contributed by atoms with Crippen LogP contribution in [0.25, 0.3) is 10.8 Å². The first kappa shape index (κ1) is 24.8. The molecule has 2 aliphatic rings. The highest BCUT2D eigenvalue weighted by Crippen LogP contribution is 2.36. The minimum absolute atomic E-state index is 0.0987. The summed E-state index contributed by atoms with van der Waals surface area (Å²) in [5, 5.41) is 4.87. The molecule has 0 unspecified atom stereocenters. The molecule has 0 spiro atoms. The topological polar surface area (TPSA) is 76.6 Å². The molecule has 0 radical (unpaired) electrons. The van der Waals surface area contributed by atoms with Crippen molar-refractivity contribution >= 4 is 35.1 Å². The molecular formula is C27H32BFN4O3. The minimum Gasteiger partial charge on any atom is -0.399 e. The zero-order valence-corrected chi connectivity index (χ0v) is 21.5. The summed E-state index contributed by atoms with van der Waals surface area (Å²) in [6.45, 7) is 11.4. The lowest BCUT2D eigenvalue weighted by molar-refractivity contribution is 0.00578. The first-order valence-electron chi connectivity index (χ1n) is 12.5. The molecule has 0 aliphatic carbocycles. The molecule has 1 atom stereocenters. The van der Waals surface area contributed by atoms with Gasteiger partial charge in [-0.3, -0.25) is 14.7 Å². The molecule has 2 saturated heterocycles. The fraction of sp³-hybridized carbons (Fsp3) is 0.444. The van der Waals surface area contributed by atoms with Crippen LogP contribution in [0.2, 0.25) is 0 Å². The zero-order chi connectivity index (χ0) is 25.7. The van der Waals surface area contributed by atoms with Crippen molar-refractivity contribution in [3.8, 4) is 0 Å². The van der Waals surface area contributed by atoms with Gasteiger partial charge in [0.15, 0.2) is 0 Å². The number of nitrogens with zero attached hydrogens (tertiary/aromatic N) is 3. The molecule has 1 amide bonds. The van der Waals surface area contributed by atoms with E-state index >= 15 is 0 Å². The van der Waals surface area contributed by atoms with Crippen LogP contribution in [0.4, 0.5) is 10.2 Å². The average Bonchev–Trinajstić information content (AvgIpc) is 3.06. The molecule has 0 bridgehead atoms. The quantitative estimate of drug-likeness (QED) is 0.562. The standard InChI is InChI=1S/C27H32BFN4O3/c1-17-13-20(29)14-18-10-12-31-24(23(17)18)33(21-7-6-11-30-16-21)25(34)22-9-8-19(15-32-22)28-35-26(2,3)27(4,5)36-28/h8-10,12-15,21,30H,6-7,11,16H2,1-5H3/t21-/m1/s1. The third-order valence-corrected chi connectivity index (χ3v) is 7.62. The molecule has 9 heteroatoms. The molecule has 2 fully saturated rings. The van der Waals surface area contributed by atoms with Crippen molar-refractivity contribution in [3.63, 3.8) is 0 Å². The Hall–Kier alpha value is -2.88. The van der Waals surface area contributed by atoms with Crippen LogP contribution >= 0.6 is 0 Å². The van der Waals surface area contributed by atoms with Gasteiger partial charge >= 0.3 is 7.12 Å². The van der Waals surface area contributed by atoms with E-state index in [1.54, 1.807) is 29.4 Å². The number of aryl methyl sites for hydroxylation is 1. The van der Waals surface area contributed by atoms with Gasteiger partial charge < -0.3 is 14.6 Å². The summed E-state index contributed by atoms with van der Waals surface area (Å²) >= 11 is 0. The van der Waals surface area contributed by atoms with E-state index in [0.29, 0.717) is 23.4 Å². The Kier molecular flexibility index (Phi) is 6.35. The van der Waals surface area contributed by atoms with Gasteiger partial charge in [0.2, 0.25) is 0 Å². The fourth-order valence-corrected chi connectivity index (χ4v) is 4.90. The van der Waals surface area contributed by atoms with Crippen LogP contribution < -0.4 is 15.7 Å². The highest BCUT2D eigenvalue weighted by Gasteiger charge is 2.51. The summed E-state index contributed by atoms with van der Waals surface area (Å²) in [5.74, 6) is -0.0252. The maximum atomic E-state index is 14.1. The van der Waals surface area contributed by atoms with Crippen LogP contribution in [0.15, 0.2) is 42.7 Å². The van der Waals surface area contributed by atoms with E-state index in [1.165, 1.54) is 12.1 Å². The number of carbonyl (C=O) groups excluding carboxylic acids is 1. The second-order valence-electron chi connectivity index (χ2n) is 10.7. The van der Waals surface area contributed by atoms with Crippen molar-refractivity contribution in [2.24, 2.45) is 0 Å². The van der Waals surface area contributed by atoms with E-state index < -0.39 is 18.3 Å². The van der Waals surface area contributed by atoms with Crippen molar-refractivity contribution in [1.29, 1.82) is 0 Å². The van der Waals surface area contributed by atoms with Crippen LogP contribution in [0.3, 0.4) is 0 Å². The lowest BCUT2D eigenvalue weighted by atomic mass is 9.80. The lowest BCUT2D eigenvalue weighted by Crippen LogP contribution is -2.49. The molecule has 1 N–H and O–H groups in total. The number of anilines is 1. The molecule has 1 aromatic carbocycles. The molecule has 36 heavy (non-hydrogen) atoms. The van der Waals surface area contributed by atoms with Crippen LogP contribution in [0.1, 0.15) is 56.6 Å². The number of pyridine rings is 2. The average molecular weight is 490 g/mol. The van der Waals surface area contributed by atoms with Gasteiger partial charge in [0.1, 0.15) is 17.3 Å². The Morgan fingerprint density at radius 2 is 1.89 bits per heavy atom. The number of hydrogen-bond donors (Lipinski definition) is 1. The molecular weight excluding hydrogens is 458 g/mol. The van der Waals surface area contributed by atoms with Crippen LogP contribution in [0, 0.1) is 12.7 Å². The Morgan fingerprint density at radius 1 is 1.14 bits per heavy atom. The van der Waals surface area contributed by atoms with Crippen molar-refractivity contribution in [3.05, 3.63) is 59.8 Å². The molecule has 7 nitrogen and oxygen atoms in total. The molecule has 3 aromatic rings. The Morgan fingerprint density at radius 3 is 2.53 bits per heavy atom. The number of carbonyl (C=O) groups is 1. The number of aromatic nitrogens is 2. The number of rotatable bonds is 4. The molecule has 0 saturated carbocycles. The highest BCUT2D eigenvalue weighted by atomic mass is 19.1. The monoisotopic (exact) mass is 490 g/mol. The Balaban J connectivity index is 1.51. The van der Waals surface area contributed by atoms with Crippen LogP contribution in [-0.2, 0) is 9.31 Å². The number of piperidine rings is 1. The van der Waals surface area contributed by atoms with Gasteiger partial charge in [-0.1, -0.05) is 6.07 Å². The summed E-state index contributed by atoms with van der Waals surface area (Å²) in [7, 11) is -0.553. The van der Waals surface area contributed by atoms with E-state index in [9.17, 15) is 9.18 Å². The first-order valence-corrected chi connectivity index (χ1v) is 12.5. The second kappa shape index (κ2) is 9.21. The van der Waals surface area contributed by atoms with E-state index in [4.69, 9.17) is 9.31 Å². The van der Waals surface area contributed by atoms with Gasteiger partial charge in [-0.15, -0.1) is 0 Å². The van der Waals surface area contributed by atoms with E-state index in [0.717, 1.165) is 35.8 Å². The molecule has 5 rings (SSSR count). The Bertz CT molecular complexity index is 1280. The number of nitrogens with one attached hydrogen (secondary N) is 1. The number of amides is 1. The van der Waals surface area contributed by atoms with Gasteiger partial charge in [0.25, 0.3) is 5.91 Å². The van der Waals surface area contributed by atoms with Gasteiger partial charge in [0.05, 0.1) is 17.2 Å².